The van der Waals surface area contributed by atoms with Crippen LogP contribution in [-0.4, -0.2) is 11.1 Å². The number of hydrogen-bond donors (Lipinski definition) is 1. The molecule has 0 aliphatic carbocycles. The Labute approximate surface area is 114 Å². The Morgan fingerprint density at radius 1 is 1.37 bits per heavy atom. The normalized spacial score (nSPS) is 10.5. The van der Waals surface area contributed by atoms with Crippen LogP contribution < -0.4 is 4.74 Å². The second kappa shape index (κ2) is 5.40. The van der Waals surface area contributed by atoms with Crippen molar-refractivity contribution in [3.8, 4) is 5.75 Å². The summed E-state index contributed by atoms with van der Waals surface area (Å²) in [4.78, 5) is 12.1. The van der Waals surface area contributed by atoms with Crippen molar-refractivity contribution >= 4 is 17.3 Å². The molecule has 0 bridgehead atoms. The molecule has 100 valence electrons. The van der Waals surface area contributed by atoms with Gasteiger partial charge in [-0.2, -0.15) is 0 Å². The molecule has 5 heteroatoms. The lowest BCUT2D eigenvalue weighted by atomic mass is 10.1. The number of carboxylic acid groups (broad SMARTS) is 1. The topological polar surface area (TPSA) is 46.5 Å². The van der Waals surface area contributed by atoms with Crippen molar-refractivity contribution in [2.45, 2.75) is 20.5 Å². The number of thiophene rings is 1. The molecule has 1 aromatic heterocycles. The molecule has 0 saturated heterocycles. The van der Waals surface area contributed by atoms with Gasteiger partial charge in [-0.1, -0.05) is 6.07 Å². The molecule has 0 atom stereocenters. The first-order chi connectivity index (χ1) is 8.97. The average Bonchev–Trinajstić information content (AvgIpc) is 2.69. The summed E-state index contributed by atoms with van der Waals surface area (Å²) in [6.45, 7) is 3.84. The van der Waals surface area contributed by atoms with Gasteiger partial charge in [-0.05, 0) is 43.2 Å². The highest BCUT2D eigenvalue weighted by molar-refractivity contribution is 7.14. The zero-order valence-electron chi connectivity index (χ0n) is 10.6. The summed E-state index contributed by atoms with van der Waals surface area (Å²) in [5.74, 6) is -0.929. The number of carboxylic acids is 1. The monoisotopic (exact) mass is 280 g/mol. The Balaban J connectivity index is 2.16. The molecule has 0 fully saturated rings. The highest BCUT2D eigenvalue weighted by Gasteiger charge is 2.15. The van der Waals surface area contributed by atoms with Gasteiger partial charge in [0.2, 0.25) is 0 Å². The molecule has 19 heavy (non-hydrogen) atoms. The highest BCUT2D eigenvalue weighted by atomic mass is 32.1. The number of halogens is 1. The van der Waals surface area contributed by atoms with Crippen molar-refractivity contribution in [3.63, 3.8) is 0 Å². The van der Waals surface area contributed by atoms with Crippen LogP contribution in [0.2, 0.25) is 0 Å². The van der Waals surface area contributed by atoms with Crippen LogP contribution in [0.4, 0.5) is 4.39 Å². The summed E-state index contributed by atoms with van der Waals surface area (Å²) in [7, 11) is 0. The third-order valence-electron chi connectivity index (χ3n) is 2.70. The summed E-state index contributed by atoms with van der Waals surface area (Å²) in [6, 6.07) is 6.13. The molecule has 1 aromatic carbocycles. The van der Waals surface area contributed by atoms with E-state index in [1.807, 2.05) is 6.92 Å². The van der Waals surface area contributed by atoms with Gasteiger partial charge < -0.3 is 9.84 Å². The summed E-state index contributed by atoms with van der Waals surface area (Å²) in [6.07, 6.45) is 0. The predicted molar refractivity (Wildman–Crippen MR) is 71.5 cm³/mol. The fourth-order valence-corrected chi connectivity index (χ4v) is 2.52. The van der Waals surface area contributed by atoms with E-state index in [2.05, 4.69) is 0 Å². The highest BCUT2D eigenvalue weighted by Crippen LogP contribution is 2.29. The van der Waals surface area contributed by atoms with Crippen molar-refractivity contribution in [2.75, 3.05) is 0 Å². The number of aryl methyl sites for hydroxylation is 2. The maximum Gasteiger partial charge on any atom is 0.349 e. The van der Waals surface area contributed by atoms with E-state index in [0.29, 0.717) is 5.75 Å². The first-order valence-electron chi connectivity index (χ1n) is 5.69. The zero-order chi connectivity index (χ0) is 14.0. The molecular formula is C14H13FO3S. The lowest BCUT2D eigenvalue weighted by molar-refractivity contribution is 0.0697. The number of ether oxygens (including phenoxy) is 1. The first kappa shape index (κ1) is 13.5. The average molecular weight is 280 g/mol. The summed E-state index contributed by atoms with van der Waals surface area (Å²) >= 11 is 1.18. The molecule has 0 saturated carbocycles. The SMILES string of the molecule is Cc1cc(OCc2ccc(F)cc2C)c(C(=O)O)s1. The van der Waals surface area contributed by atoms with E-state index in [4.69, 9.17) is 9.84 Å². The number of carbonyl (C=O) groups is 1. The smallest absolute Gasteiger partial charge is 0.349 e. The molecule has 3 nitrogen and oxygen atoms in total. The van der Waals surface area contributed by atoms with Crippen molar-refractivity contribution in [1.29, 1.82) is 0 Å². The molecule has 0 amide bonds. The fraction of sp³-hybridized carbons (Fsp3) is 0.214. The minimum absolute atomic E-state index is 0.192. The third-order valence-corrected chi connectivity index (χ3v) is 3.72. The summed E-state index contributed by atoms with van der Waals surface area (Å²) in [5.41, 5.74) is 1.62. The minimum Gasteiger partial charge on any atom is -0.487 e. The number of benzene rings is 1. The third kappa shape index (κ3) is 3.12. The van der Waals surface area contributed by atoms with Crippen molar-refractivity contribution in [2.24, 2.45) is 0 Å². The second-order valence-corrected chi connectivity index (χ2v) is 5.47. The van der Waals surface area contributed by atoms with E-state index < -0.39 is 5.97 Å². The lowest BCUT2D eigenvalue weighted by Crippen LogP contribution is -2.01. The van der Waals surface area contributed by atoms with Crippen LogP contribution in [0.15, 0.2) is 24.3 Å². The van der Waals surface area contributed by atoms with E-state index >= 15 is 0 Å². The van der Waals surface area contributed by atoms with Gasteiger partial charge in [-0.25, -0.2) is 9.18 Å². The van der Waals surface area contributed by atoms with Crippen LogP contribution in [0.5, 0.6) is 5.75 Å². The molecule has 0 aliphatic rings. The number of rotatable bonds is 4. The van der Waals surface area contributed by atoms with E-state index in [1.54, 1.807) is 19.1 Å². The Morgan fingerprint density at radius 2 is 2.11 bits per heavy atom. The van der Waals surface area contributed by atoms with Crippen LogP contribution in [0, 0.1) is 19.7 Å². The van der Waals surface area contributed by atoms with Crippen LogP contribution in [-0.2, 0) is 6.61 Å². The van der Waals surface area contributed by atoms with Crippen molar-refractivity contribution in [1.82, 2.24) is 0 Å². The van der Waals surface area contributed by atoms with Crippen LogP contribution in [0.3, 0.4) is 0 Å². The molecule has 0 aliphatic heterocycles. The largest absolute Gasteiger partial charge is 0.487 e. The van der Waals surface area contributed by atoms with Gasteiger partial charge in [-0.3, -0.25) is 0 Å². The van der Waals surface area contributed by atoms with Gasteiger partial charge in [-0.15, -0.1) is 11.3 Å². The standard InChI is InChI=1S/C14H13FO3S/c1-8-5-11(15)4-3-10(8)7-18-12-6-9(2)19-13(12)14(16)17/h3-6H,7H2,1-2H3,(H,16,17). The molecule has 0 radical (unpaired) electrons. The van der Waals surface area contributed by atoms with Gasteiger partial charge >= 0.3 is 5.97 Å². The van der Waals surface area contributed by atoms with Crippen LogP contribution >= 0.6 is 11.3 Å². The van der Waals surface area contributed by atoms with Crippen molar-refractivity contribution in [3.05, 3.63) is 51.0 Å². The quantitative estimate of drug-likeness (QED) is 0.927. The molecule has 0 spiro atoms. The number of aromatic carboxylic acids is 1. The fourth-order valence-electron chi connectivity index (χ4n) is 1.72. The van der Waals surface area contributed by atoms with Gasteiger partial charge in [0, 0.05) is 4.88 Å². The second-order valence-electron chi connectivity index (χ2n) is 4.22. The van der Waals surface area contributed by atoms with Gasteiger partial charge in [0.05, 0.1) is 0 Å². The molecule has 1 heterocycles. The molecular weight excluding hydrogens is 267 g/mol. The summed E-state index contributed by atoms with van der Waals surface area (Å²) in [5, 5.41) is 9.05. The Bertz CT molecular complexity index is 619. The van der Waals surface area contributed by atoms with Gasteiger partial charge in [0.25, 0.3) is 0 Å². The van der Waals surface area contributed by atoms with Gasteiger partial charge in [0.1, 0.15) is 18.2 Å². The van der Waals surface area contributed by atoms with Crippen LogP contribution in [0.1, 0.15) is 25.7 Å². The van der Waals surface area contributed by atoms with E-state index in [-0.39, 0.29) is 17.3 Å². The van der Waals surface area contributed by atoms with E-state index in [0.717, 1.165) is 16.0 Å². The van der Waals surface area contributed by atoms with Crippen molar-refractivity contribution < 1.29 is 19.0 Å². The zero-order valence-corrected chi connectivity index (χ0v) is 11.4. The Morgan fingerprint density at radius 3 is 2.74 bits per heavy atom. The minimum atomic E-state index is -0.996. The van der Waals surface area contributed by atoms with Crippen LogP contribution in [0.25, 0.3) is 0 Å². The molecule has 2 aromatic rings. The van der Waals surface area contributed by atoms with E-state index in [1.165, 1.54) is 23.5 Å². The molecule has 1 N–H and O–H groups in total. The Kier molecular flexibility index (Phi) is 3.85. The predicted octanol–water partition coefficient (Wildman–Crippen LogP) is 3.78. The summed E-state index contributed by atoms with van der Waals surface area (Å²) < 4.78 is 18.5. The first-order valence-corrected chi connectivity index (χ1v) is 6.50. The molecule has 2 rings (SSSR count). The Hall–Kier alpha value is -1.88. The maximum atomic E-state index is 13.0. The maximum absolute atomic E-state index is 13.0. The van der Waals surface area contributed by atoms with E-state index in [9.17, 15) is 9.18 Å². The number of hydrogen-bond acceptors (Lipinski definition) is 3. The molecule has 0 unspecified atom stereocenters. The lowest BCUT2D eigenvalue weighted by Gasteiger charge is -2.08. The van der Waals surface area contributed by atoms with Gasteiger partial charge in [0.15, 0.2) is 4.88 Å².